The van der Waals surface area contributed by atoms with Crippen LogP contribution < -0.4 is 10.6 Å². The lowest BCUT2D eigenvalue weighted by Gasteiger charge is -2.38. The van der Waals surface area contributed by atoms with Crippen molar-refractivity contribution in [2.45, 2.75) is 57.7 Å². The Hall–Kier alpha value is -1.59. The first kappa shape index (κ1) is 20.2. The van der Waals surface area contributed by atoms with Crippen LogP contribution in [0, 0.1) is 0 Å². The van der Waals surface area contributed by atoms with Crippen LogP contribution in [0.1, 0.15) is 44.6 Å². The van der Waals surface area contributed by atoms with Gasteiger partial charge in [0.1, 0.15) is 0 Å². The summed E-state index contributed by atoms with van der Waals surface area (Å²) in [6, 6.07) is 11.9. The van der Waals surface area contributed by atoms with Gasteiger partial charge in [-0.1, -0.05) is 30.3 Å². The monoisotopic (exact) mass is 371 g/mol. The number of nitrogens with zero attached hydrogens (tertiary/aromatic N) is 3. The number of aliphatic imine (C=N–C) groups is 1. The predicted octanol–water partition coefficient (Wildman–Crippen LogP) is 2.69. The van der Waals surface area contributed by atoms with Gasteiger partial charge in [0.15, 0.2) is 5.96 Å². The van der Waals surface area contributed by atoms with Gasteiger partial charge in [0.2, 0.25) is 0 Å². The lowest BCUT2D eigenvalue weighted by Crippen LogP contribution is -2.51. The summed E-state index contributed by atoms with van der Waals surface area (Å²) in [7, 11) is 1.88. The molecule has 0 spiro atoms. The molecule has 2 heterocycles. The Balaban J connectivity index is 1.36. The van der Waals surface area contributed by atoms with Crippen LogP contribution in [-0.4, -0.2) is 67.6 Å². The van der Waals surface area contributed by atoms with Crippen molar-refractivity contribution in [3.05, 3.63) is 35.9 Å². The third kappa shape index (κ3) is 6.51. The van der Waals surface area contributed by atoms with Gasteiger partial charge in [0.25, 0.3) is 0 Å². The standard InChI is InChI=1S/C22H37N5/c1-19-17-21(11-16-27(19)18-20-9-4-3-5-10-20)25-22(23-2)24-12-8-15-26-13-6-7-14-26/h3-5,9-10,19,21H,6-8,11-18H2,1-2H3,(H2,23,24,25). The molecule has 2 atom stereocenters. The summed E-state index contributed by atoms with van der Waals surface area (Å²) in [6.45, 7) is 9.32. The maximum Gasteiger partial charge on any atom is 0.191 e. The van der Waals surface area contributed by atoms with Crippen LogP contribution in [0.15, 0.2) is 35.3 Å². The fourth-order valence-corrected chi connectivity index (χ4v) is 4.31. The van der Waals surface area contributed by atoms with Crippen molar-refractivity contribution < 1.29 is 0 Å². The summed E-state index contributed by atoms with van der Waals surface area (Å²) in [5.74, 6) is 0.963. The van der Waals surface area contributed by atoms with E-state index in [0.29, 0.717) is 12.1 Å². The number of guanidine groups is 1. The maximum atomic E-state index is 4.43. The first-order valence-corrected chi connectivity index (χ1v) is 10.7. The number of likely N-dealkylation sites (tertiary alicyclic amines) is 2. The van der Waals surface area contributed by atoms with Crippen molar-refractivity contribution in [2.75, 3.05) is 39.8 Å². The third-order valence-corrected chi connectivity index (χ3v) is 5.95. The topological polar surface area (TPSA) is 42.9 Å². The van der Waals surface area contributed by atoms with Crippen molar-refractivity contribution >= 4 is 5.96 Å². The minimum atomic E-state index is 0.511. The molecule has 2 fully saturated rings. The molecule has 5 nitrogen and oxygen atoms in total. The molecule has 2 saturated heterocycles. The molecule has 0 aromatic heterocycles. The summed E-state index contributed by atoms with van der Waals surface area (Å²) < 4.78 is 0. The van der Waals surface area contributed by atoms with Gasteiger partial charge in [0, 0.05) is 38.8 Å². The molecule has 1 aromatic rings. The minimum absolute atomic E-state index is 0.511. The van der Waals surface area contributed by atoms with E-state index < -0.39 is 0 Å². The van der Waals surface area contributed by atoms with Gasteiger partial charge in [-0.25, -0.2) is 0 Å². The molecule has 2 aliphatic heterocycles. The molecule has 2 aliphatic rings. The third-order valence-electron chi connectivity index (χ3n) is 5.95. The number of hydrogen-bond acceptors (Lipinski definition) is 3. The fourth-order valence-electron chi connectivity index (χ4n) is 4.31. The van der Waals surface area contributed by atoms with Gasteiger partial charge in [-0.2, -0.15) is 0 Å². The maximum absolute atomic E-state index is 4.43. The van der Waals surface area contributed by atoms with Crippen LogP contribution in [0.25, 0.3) is 0 Å². The minimum Gasteiger partial charge on any atom is -0.356 e. The molecule has 5 heteroatoms. The molecule has 0 amide bonds. The molecular formula is C22H37N5. The highest BCUT2D eigenvalue weighted by Gasteiger charge is 2.25. The number of hydrogen-bond donors (Lipinski definition) is 2. The van der Waals surface area contributed by atoms with E-state index in [1.165, 1.54) is 57.3 Å². The second-order valence-corrected chi connectivity index (χ2v) is 8.07. The van der Waals surface area contributed by atoms with Crippen LogP contribution in [0.3, 0.4) is 0 Å². The highest BCUT2D eigenvalue weighted by atomic mass is 15.2. The Morgan fingerprint density at radius 3 is 2.63 bits per heavy atom. The number of nitrogens with one attached hydrogen (secondary N) is 2. The van der Waals surface area contributed by atoms with Crippen LogP contribution in [0.4, 0.5) is 0 Å². The average Bonchev–Trinajstić information content (AvgIpc) is 3.20. The van der Waals surface area contributed by atoms with E-state index >= 15 is 0 Å². The zero-order valence-electron chi connectivity index (χ0n) is 17.2. The van der Waals surface area contributed by atoms with Crippen LogP contribution >= 0.6 is 0 Å². The van der Waals surface area contributed by atoms with Crippen LogP contribution in [0.5, 0.6) is 0 Å². The summed E-state index contributed by atoms with van der Waals surface area (Å²) in [5, 5.41) is 7.15. The predicted molar refractivity (Wildman–Crippen MR) is 114 cm³/mol. The molecular weight excluding hydrogens is 334 g/mol. The smallest absolute Gasteiger partial charge is 0.191 e. The quantitative estimate of drug-likeness (QED) is 0.439. The van der Waals surface area contributed by atoms with E-state index in [2.05, 4.69) is 62.7 Å². The summed E-state index contributed by atoms with van der Waals surface area (Å²) >= 11 is 0. The second-order valence-electron chi connectivity index (χ2n) is 8.07. The SMILES string of the molecule is CN=C(NCCCN1CCCC1)NC1CCN(Cc2ccccc2)C(C)C1. The fraction of sp³-hybridized carbons (Fsp3) is 0.682. The number of piperidine rings is 1. The molecule has 150 valence electrons. The zero-order valence-corrected chi connectivity index (χ0v) is 17.2. The van der Waals surface area contributed by atoms with E-state index in [9.17, 15) is 0 Å². The van der Waals surface area contributed by atoms with E-state index in [0.717, 1.165) is 25.6 Å². The normalized spacial score (nSPS) is 24.9. The molecule has 2 N–H and O–H groups in total. The molecule has 27 heavy (non-hydrogen) atoms. The lowest BCUT2D eigenvalue weighted by atomic mass is 9.97. The van der Waals surface area contributed by atoms with Crippen molar-refractivity contribution in [1.82, 2.24) is 20.4 Å². The number of rotatable bonds is 7. The first-order chi connectivity index (χ1) is 13.2. The Morgan fingerprint density at radius 1 is 1.15 bits per heavy atom. The van der Waals surface area contributed by atoms with E-state index in [1.54, 1.807) is 0 Å². The van der Waals surface area contributed by atoms with Gasteiger partial charge >= 0.3 is 0 Å². The molecule has 3 rings (SSSR count). The molecule has 0 saturated carbocycles. The molecule has 0 bridgehead atoms. The van der Waals surface area contributed by atoms with Gasteiger partial charge in [-0.3, -0.25) is 9.89 Å². The first-order valence-electron chi connectivity index (χ1n) is 10.7. The van der Waals surface area contributed by atoms with Gasteiger partial charge < -0.3 is 15.5 Å². The number of benzene rings is 1. The molecule has 2 unspecified atom stereocenters. The molecule has 0 radical (unpaired) electrons. The average molecular weight is 372 g/mol. The Labute approximate surface area is 165 Å². The molecule has 0 aliphatic carbocycles. The van der Waals surface area contributed by atoms with Crippen molar-refractivity contribution in [3.8, 4) is 0 Å². The second kappa shape index (κ2) is 10.7. The van der Waals surface area contributed by atoms with Gasteiger partial charge in [-0.15, -0.1) is 0 Å². The lowest BCUT2D eigenvalue weighted by molar-refractivity contribution is 0.134. The summed E-state index contributed by atoms with van der Waals surface area (Å²) in [6.07, 6.45) is 6.27. The van der Waals surface area contributed by atoms with Crippen LogP contribution in [-0.2, 0) is 6.54 Å². The van der Waals surface area contributed by atoms with Crippen LogP contribution in [0.2, 0.25) is 0 Å². The Bertz CT molecular complexity index is 567. The highest BCUT2D eigenvalue weighted by molar-refractivity contribution is 5.79. The largest absolute Gasteiger partial charge is 0.356 e. The van der Waals surface area contributed by atoms with E-state index in [1.807, 2.05) is 7.05 Å². The van der Waals surface area contributed by atoms with Crippen molar-refractivity contribution in [1.29, 1.82) is 0 Å². The van der Waals surface area contributed by atoms with E-state index in [4.69, 9.17) is 0 Å². The Morgan fingerprint density at radius 2 is 1.93 bits per heavy atom. The Kier molecular flexibility index (Phi) is 7.96. The van der Waals surface area contributed by atoms with Gasteiger partial charge in [-0.05, 0) is 64.2 Å². The molecule has 1 aromatic carbocycles. The highest BCUT2D eigenvalue weighted by Crippen LogP contribution is 2.19. The zero-order chi connectivity index (χ0) is 18.9. The summed E-state index contributed by atoms with van der Waals surface area (Å²) in [5.41, 5.74) is 1.41. The summed E-state index contributed by atoms with van der Waals surface area (Å²) in [4.78, 5) is 9.60. The van der Waals surface area contributed by atoms with Crippen molar-refractivity contribution in [3.63, 3.8) is 0 Å². The van der Waals surface area contributed by atoms with Gasteiger partial charge in [0.05, 0.1) is 0 Å². The van der Waals surface area contributed by atoms with E-state index in [-0.39, 0.29) is 0 Å². The van der Waals surface area contributed by atoms with Crippen molar-refractivity contribution in [2.24, 2.45) is 4.99 Å².